The predicted octanol–water partition coefficient (Wildman–Crippen LogP) is 1.73. The van der Waals surface area contributed by atoms with Gasteiger partial charge in [-0.3, -0.25) is 4.79 Å². The molecule has 10 nitrogen and oxygen atoms in total. The molecule has 2 N–H and O–H groups in total. The van der Waals surface area contributed by atoms with Gasteiger partial charge in [-0.25, -0.2) is 9.59 Å². The van der Waals surface area contributed by atoms with E-state index >= 15 is 0 Å². The van der Waals surface area contributed by atoms with Crippen molar-refractivity contribution >= 4 is 29.7 Å². The first-order valence-electron chi connectivity index (χ1n) is 9.39. The average molecular weight is 447 g/mol. The summed E-state index contributed by atoms with van der Waals surface area (Å²) in [6.07, 6.45) is 1.32. The van der Waals surface area contributed by atoms with Gasteiger partial charge in [-0.2, -0.15) is 4.73 Å². The van der Waals surface area contributed by atoms with Crippen LogP contribution in [0.3, 0.4) is 0 Å². The maximum Gasteiger partial charge on any atom is 0.338 e. The molecule has 11 heteroatoms. The van der Waals surface area contributed by atoms with Gasteiger partial charge in [-0.15, -0.1) is 0 Å². The molecule has 2 aromatic heterocycles. The molecule has 0 radical (unpaired) electrons. The molecule has 0 bridgehead atoms. The van der Waals surface area contributed by atoms with Crippen LogP contribution in [-0.2, 0) is 19.1 Å². The minimum Gasteiger partial charge on any atom is -0.618 e. The Labute approximate surface area is 182 Å². The smallest absolute Gasteiger partial charge is 0.338 e. The molecule has 1 atom stereocenters. The van der Waals surface area contributed by atoms with Crippen molar-refractivity contribution in [3.63, 3.8) is 0 Å². The lowest BCUT2D eigenvalue weighted by atomic mass is 10.0. The Balaban J connectivity index is 1.76. The Morgan fingerprint density at radius 1 is 1.26 bits per heavy atom. The zero-order valence-electron chi connectivity index (χ0n) is 16.9. The highest BCUT2D eigenvalue weighted by Crippen LogP contribution is 2.29. The number of aromatic nitrogens is 1. The number of carbonyl (C=O) groups excluding carboxylic acids is 3. The Hall–Kier alpha value is -3.47. The Kier molecular flexibility index (Phi) is 7.19. The van der Waals surface area contributed by atoms with Crippen LogP contribution in [0.4, 0.5) is 4.79 Å². The first-order chi connectivity index (χ1) is 14.9. The van der Waals surface area contributed by atoms with Gasteiger partial charge in [0.15, 0.2) is 6.20 Å². The Morgan fingerprint density at radius 2 is 2.06 bits per heavy atom. The second-order valence-corrected chi connectivity index (χ2v) is 7.40. The third kappa shape index (κ3) is 5.57. The number of nitrogens with zero attached hydrogens (tertiary/aromatic N) is 1. The summed E-state index contributed by atoms with van der Waals surface area (Å²) >= 11 is 1.01. The zero-order valence-corrected chi connectivity index (χ0v) is 17.7. The van der Waals surface area contributed by atoms with Crippen LogP contribution in [0.25, 0.3) is 0 Å². The molecule has 0 saturated heterocycles. The van der Waals surface area contributed by atoms with E-state index in [0.717, 1.165) is 11.8 Å². The predicted molar refractivity (Wildman–Crippen MR) is 109 cm³/mol. The third-order valence-electron chi connectivity index (χ3n) is 4.20. The van der Waals surface area contributed by atoms with E-state index < -0.39 is 24.0 Å². The Bertz CT molecular complexity index is 1020. The van der Waals surface area contributed by atoms with Gasteiger partial charge in [0.05, 0.1) is 17.9 Å². The molecule has 0 fully saturated rings. The summed E-state index contributed by atoms with van der Waals surface area (Å²) in [5.41, 5.74) is 0.176. The molecule has 2 amide bonds. The molecule has 0 spiro atoms. The van der Waals surface area contributed by atoms with Gasteiger partial charge >= 0.3 is 18.0 Å². The second-order valence-electron chi connectivity index (χ2n) is 6.41. The number of ether oxygens (including phenoxy) is 2. The Morgan fingerprint density at radius 3 is 2.74 bits per heavy atom. The van der Waals surface area contributed by atoms with Crippen molar-refractivity contribution in [3.8, 4) is 0 Å². The number of amides is 2. The standard InChI is InChI=1S/C20H21N3O7S/c1-3-28-19(25)17-13(21-20(26)22-18(17)14-8-7-12(2)30-14)10-29-16(24)11-31-15-6-4-5-9-23(15)27/h4-9,18H,3,10-11H2,1-2H3,(H2,21,22,26)/t18-/m1/s1. The number of hydrogen-bond donors (Lipinski definition) is 2. The molecule has 0 aliphatic carbocycles. The number of rotatable bonds is 8. The van der Waals surface area contributed by atoms with Gasteiger partial charge in [-0.05, 0) is 43.8 Å². The van der Waals surface area contributed by atoms with Gasteiger partial charge in [0.1, 0.15) is 29.9 Å². The minimum absolute atomic E-state index is 0.0803. The maximum atomic E-state index is 12.6. The van der Waals surface area contributed by atoms with Crippen LogP contribution in [0.15, 0.2) is 57.2 Å². The molecule has 3 heterocycles. The summed E-state index contributed by atoms with van der Waals surface area (Å²) in [5, 5.41) is 17.1. The third-order valence-corrected chi connectivity index (χ3v) is 5.19. The van der Waals surface area contributed by atoms with Crippen molar-refractivity contribution in [3.05, 3.63) is 64.5 Å². The van der Waals surface area contributed by atoms with Crippen molar-refractivity contribution < 1.29 is 33.0 Å². The van der Waals surface area contributed by atoms with E-state index in [1.54, 1.807) is 44.2 Å². The van der Waals surface area contributed by atoms with Gasteiger partial charge in [0, 0.05) is 12.1 Å². The van der Waals surface area contributed by atoms with Crippen LogP contribution in [0.5, 0.6) is 0 Å². The largest absolute Gasteiger partial charge is 0.618 e. The van der Waals surface area contributed by atoms with Crippen molar-refractivity contribution in [1.82, 2.24) is 10.6 Å². The zero-order chi connectivity index (χ0) is 22.4. The maximum absolute atomic E-state index is 12.6. The molecule has 164 valence electrons. The molecule has 31 heavy (non-hydrogen) atoms. The fraction of sp³-hybridized carbons (Fsp3) is 0.300. The number of nitrogens with one attached hydrogen (secondary N) is 2. The van der Waals surface area contributed by atoms with Crippen molar-refractivity contribution in [2.75, 3.05) is 19.0 Å². The highest BCUT2D eigenvalue weighted by Gasteiger charge is 2.36. The molecular formula is C20H21N3O7S. The quantitative estimate of drug-likeness (QED) is 0.270. The summed E-state index contributed by atoms with van der Waals surface area (Å²) in [7, 11) is 0. The summed E-state index contributed by atoms with van der Waals surface area (Å²) < 4.78 is 16.6. The lowest BCUT2D eigenvalue weighted by Gasteiger charge is -2.27. The number of furan rings is 1. The number of thioether (sulfide) groups is 1. The van der Waals surface area contributed by atoms with Crippen molar-refractivity contribution in [2.24, 2.45) is 0 Å². The monoisotopic (exact) mass is 447 g/mol. The van der Waals surface area contributed by atoms with E-state index in [1.807, 2.05) is 0 Å². The van der Waals surface area contributed by atoms with Crippen molar-refractivity contribution in [1.29, 1.82) is 0 Å². The lowest BCUT2D eigenvalue weighted by Crippen LogP contribution is -2.47. The number of urea groups is 1. The van der Waals surface area contributed by atoms with E-state index in [9.17, 15) is 19.6 Å². The molecule has 1 aliphatic rings. The van der Waals surface area contributed by atoms with E-state index in [4.69, 9.17) is 13.9 Å². The van der Waals surface area contributed by atoms with Crippen LogP contribution < -0.4 is 15.4 Å². The molecule has 0 aromatic carbocycles. The van der Waals surface area contributed by atoms with Gasteiger partial charge < -0.3 is 29.7 Å². The fourth-order valence-electron chi connectivity index (χ4n) is 2.86. The van der Waals surface area contributed by atoms with Crippen LogP contribution in [0.2, 0.25) is 0 Å². The van der Waals surface area contributed by atoms with Crippen LogP contribution in [-0.4, -0.2) is 36.9 Å². The summed E-state index contributed by atoms with van der Waals surface area (Å²) in [4.78, 5) is 36.9. The normalized spacial score (nSPS) is 15.8. The van der Waals surface area contributed by atoms with E-state index in [2.05, 4.69) is 10.6 Å². The number of aryl methyl sites for hydroxylation is 1. The van der Waals surface area contributed by atoms with E-state index in [1.165, 1.54) is 6.20 Å². The van der Waals surface area contributed by atoms with Gasteiger partial charge in [0.2, 0.25) is 0 Å². The molecule has 2 aromatic rings. The van der Waals surface area contributed by atoms with E-state index in [0.29, 0.717) is 21.3 Å². The number of pyridine rings is 1. The highest BCUT2D eigenvalue weighted by molar-refractivity contribution is 7.99. The molecular weight excluding hydrogens is 426 g/mol. The molecule has 0 unspecified atom stereocenters. The second kappa shape index (κ2) is 10.0. The molecule has 3 rings (SSSR count). The average Bonchev–Trinajstić information content (AvgIpc) is 3.17. The minimum atomic E-state index is -0.895. The first kappa shape index (κ1) is 22.2. The SMILES string of the molecule is CCOC(=O)C1=C(COC(=O)CSc2cccc[n+]2[O-])NC(=O)N[C@@H]1c1ccc(C)o1. The van der Waals surface area contributed by atoms with Gasteiger partial charge in [0.25, 0.3) is 5.03 Å². The lowest BCUT2D eigenvalue weighted by molar-refractivity contribution is -0.645. The summed E-state index contributed by atoms with van der Waals surface area (Å²) in [5.74, 6) is -0.471. The number of esters is 2. The first-order valence-corrected chi connectivity index (χ1v) is 10.4. The van der Waals surface area contributed by atoms with Crippen molar-refractivity contribution in [2.45, 2.75) is 24.9 Å². The van der Waals surface area contributed by atoms with Crippen LogP contribution in [0, 0.1) is 12.1 Å². The van der Waals surface area contributed by atoms with Gasteiger partial charge in [-0.1, -0.05) is 0 Å². The summed E-state index contributed by atoms with van der Waals surface area (Å²) in [6, 6.07) is 6.71. The number of hydrogen-bond acceptors (Lipinski definition) is 8. The van der Waals surface area contributed by atoms with Crippen LogP contribution >= 0.6 is 11.8 Å². The number of carbonyl (C=O) groups is 3. The molecule has 0 saturated carbocycles. The summed E-state index contributed by atoms with van der Waals surface area (Å²) in [6.45, 7) is 3.15. The van der Waals surface area contributed by atoms with E-state index in [-0.39, 0.29) is 30.2 Å². The topological polar surface area (TPSA) is 134 Å². The fourth-order valence-corrected chi connectivity index (χ4v) is 3.57. The molecule has 1 aliphatic heterocycles. The highest BCUT2D eigenvalue weighted by atomic mass is 32.2. The van der Waals surface area contributed by atoms with Crippen LogP contribution in [0.1, 0.15) is 24.5 Å².